The third-order valence-corrected chi connectivity index (χ3v) is 4.62. The lowest BCUT2D eigenvalue weighted by atomic mass is 9.98. The predicted octanol–water partition coefficient (Wildman–Crippen LogP) is 1.97. The van der Waals surface area contributed by atoms with Crippen molar-refractivity contribution in [3.63, 3.8) is 0 Å². The number of hydrogen-bond donors (Lipinski definition) is 1. The molecule has 0 radical (unpaired) electrons. The van der Waals surface area contributed by atoms with Gasteiger partial charge in [0.15, 0.2) is 0 Å². The summed E-state index contributed by atoms with van der Waals surface area (Å²) in [7, 11) is 0. The van der Waals surface area contributed by atoms with Crippen LogP contribution in [0.25, 0.3) is 10.9 Å². The number of fused-ring (bicyclic) bond motifs is 1. The standard InChI is InChI=1S/C16H15BrN4O2/c1-16(8-18,10-2-3-10)20-14(22)7-21-9-19-13-5-4-11(17)6-12(13)15(21)23/h4-6,9-10H,2-3,7H2,1H3,(H,20,22). The Hall–Kier alpha value is -2.20. The van der Waals surface area contributed by atoms with Crippen molar-refractivity contribution < 1.29 is 4.79 Å². The van der Waals surface area contributed by atoms with Gasteiger partial charge in [-0.15, -0.1) is 0 Å². The molecule has 1 atom stereocenters. The summed E-state index contributed by atoms with van der Waals surface area (Å²) in [6.45, 7) is 1.57. The quantitative estimate of drug-likeness (QED) is 0.885. The summed E-state index contributed by atoms with van der Waals surface area (Å²) in [6.07, 6.45) is 3.24. The van der Waals surface area contributed by atoms with E-state index in [1.807, 2.05) is 0 Å². The van der Waals surface area contributed by atoms with Gasteiger partial charge in [-0.2, -0.15) is 5.26 Å². The first kappa shape index (κ1) is 15.7. The van der Waals surface area contributed by atoms with E-state index in [-0.39, 0.29) is 23.9 Å². The van der Waals surface area contributed by atoms with Gasteiger partial charge in [0, 0.05) is 4.47 Å². The molecule has 0 saturated heterocycles. The van der Waals surface area contributed by atoms with Gasteiger partial charge in [-0.1, -0.05) is 15.9 Å². The van der Waals surface area contributed by atoms with Crippen LogP contribution in [0.5, 0.6) is 0 Å². The van der Waals surface area contributed by atoms with Crippen LogP contribution in [-0.4, -0.2) is 21.0 Å². The highest BCUT2D eigenvalue weighted by Crippen LogP contribution is 2.39. The fourth-order valence-electron chi connectivity index (χ4n) is 2.61. The fraction of sp³-hybridized carbons (Fsp3) is 0.375. The predicted molar refractivity (Wildman–Crippen MR) is 88.6 cm³/mol. The van der Waals surface area contributed by atoms with E-state index in [1.165, 1.54) is 10.9 Å². The van der Waals surface area contributed by atoms with Gasteiger partial charge in [-0.3, -0.25) is 14.2 Å². The molecule has 1 aliphatic carbocycles. The second-order valence-electron chi connectivity index (χ2n) is 5.98. The summed E-state index contributed by atoms with van der Waals surface area (Å²) in [6, 6.07) is 7.40. The second-order valence-corrected chi connectivity index (χ2v) is 6.89. The molecule has 1 unspecified atom stereocenters. The maximum Gasteiger partial charge on any atom is 0.261 e. The number of nitriles is 1. The first-order valence-corrected chi connectivity index (χ1v) is 8.09. The molecule has 2 aromatic rings. The number of nitrogens with zero attached hydrogens (tertiary/aromatic N) is 3. The lowest BCUT2D eigenvalue weighted by Crippen LogP contribution is -2.48. The second kappa shape index (κ2) is 5.78. The topological polar surface area (TPSA) is 87.8 Å². The van der Waals surface area contributed by atoms with Crippen LogP contribution in [0.1, 0.15) is 19.8 Å². The zero-order valence-corrected chi connectivity index (χ0v) is 14.1. The molecular formula is C16H15BrN4O2. The summed E-state index contributed by atoms with van der Waals surface area (Å²) in [5.74, 6) is -0.168. The van der Waals surface area contributed by atoms with E-state index in [0.717, 1.165) is 17.3 Å². The molecule has 1 aliphatic rings. The third kappa shape index (κ3) is 3.13. The molecule has 6 nitrogen and oxygen atoms in total. The number of halogens is 1. The number of rotatable bonds is 4. The van der Waals surface area contributed by atoms with Gasteiger partial charge in [-0.05, 0) is 43.9 Å². The van der Waals surface area contributed by atoms with Gasteiger partial charge < -0.3 is 5.32 Å². The Kier molecular flexibility index (Phi) is 3.94. The van der Waals surface area contributed by atoms with Gasteiger partial charge in [-0.25, -0.2) is 4.98 Å². The molecular weight excluding hydrogens is 360 g/mol. The maximum atomic E-state index is 12.5. The van der Waals surface area contributed by atoms with Crippen molar-refractivity contribution in [1.82, 2.24) is 14.9 Å². The Morgan fingerprint density at radius 1 is 1.57 bits per heavy atom. The van der Waals surface area contributed by atoms with E-state index < -0.39 is 5.54 Å². The number of hydrogen-bond acceptors (Lipinski definition) is 4. The van der Waals surface area contributed by atoms with Crippen molar-refractivity contribution in [2.75, 3.05) is 0 Å². The van der Waals surface area contributed by atoms with Gasteiger partial charge in [0.2, 0.25) is 5.91 Å². The molecule has 1 aromatic carbocycles. The molecule has 1 heterocycles. The minimum absolute atomic E-state index is 0.154. The monoisotopic (exact) mass is 374 g/mol. The van der Waals surface area contributed by atoms with Gasteiger partial charge in [0.1, 0.15) is 12.1 Å². The molecule has 118 valence electrons. The van der Waals surface area contributed by atoms with Crippen LogP contribution in [0.3, 0.4) is 0 Å². The average Bonchev–Trinajstić information content (AvgIpc) is 3.35. The van der Waals surface area contributed by atoms with E-state index in [1.54, 1.807) is 25.1 Å². The van der Waals surface area contributed by atoms with Gasteiger partial charge in [0.05, 0.1) is 23.3 Å². The molecule has 0 bridgehead atoms. The van der Waals surface area contributed by atoms with Crippen molar-refractivity contribution in [1.29, 1.82) is 5.26 Å². The number of benzene rings is 1. The van der Waals surface area contributed by atoms with E-state index in [0.29, 0.717) is 10.9 Å². The van der Waals surface area contributed by atoms with E-state index >= 15 is 0 Å². The van der Waals surface area contributed by atoms with Gasteiger partial charge >= 0.3 is 0 Å². The Morgan fingerprint density at radius 3 is 2.96 bits per heavy atom. The van der Waals surface area contributed by atoms with Crippen LogP contribution in [-0.2, 0) is 11.3 Å². The van der Waals surface area contributed by atoms with Crippen molar-refractivity contribution in [2.24, 2.45) is 5.92 Å². The summed E-state index contributed by atoms with van der Waals surface area (Å²) in [4.78, 5) is 28.9. The molecule has 0 aliphatic heterocycles. The highest BCUT2D eigenvalue weighted by Gasteiger charge is 2.43. The Labute approximate surface area is 141 Å². The number of carbonyl (C=O) groups excluding carboxylic acids is 1. The SMILES string of the molecule is CC(C#N)(NC(=O)Cn1cnc2ccc(Br)cc2c1=O)C1CC1. The molecule has 1 amide bonds. The Morgan fingerprint density at radius 2 is 2.30 bits per heavy atom. The summed E-state index contributed by atoms with van der Waals surface area (Å²) >= 11 is 3.32. The van der Waals surface area contributed by atoms with Crippen LogP contribution >= 0.6 is 15.9 Å². The minimum Gasteiger partial charge on any atom is -0.336 e. The highest BCUT2D eigenvalue weighted by atomic mass is 79.9. The smallest absolute Gasteiger partial charge is 0.261 e. The van der Waals surface area contributed by atoms with E-state index in [2.05, 4.69) is 32.3 Å². The van der Waals surface area contributed by atoms with E-state index in [4.69, 9.17) is 0 Å². The summed E-state index contributed by atoms with van der Waals surface area (Å²) in [5.41, 5.74) is -0.570. The van der Waals surface area contributed by atoms with Gasteiger partial charge in [0.25, 0.3) is 5.56 Å². The largest absolute Gasteiger partial charge is 0.336 e. The van der Waals surface area contributed by atoms with Crippen molar-refractivity contribution in [2.45, 2.75) is 31.8 Å². The molecule has 0 spiro atoms. The average molecular weight is 375 g/mol. The molecule has 7 heteroatoms. The molecule has 1 aromatic heterocycles. The van der Waals surface area contributed by atoms with E-state index in [9.17, 15) is 14.9 Å². The molecule has 23 heavy (non-hydrogen) atoms. The first-order valence-electron chi connectivity index (χ1n) is 7.30. The number of amides is 1. The Bertz CT molecular complexity index is 882. The van der Waals surface area contributed by atoms with Crippen LogP contribution in [0.4, 0.5) is 0 Å². The van der Waals surface area contributed by atoms with Crippen LogP contribution < -0.4 is 10.9 Å². The van der Waals surface area contributed by atoms with Crippen molar-refractivity contribution in [3.8, 4) is 6.07 Å². The molecule has 1 saturated carbocycles. The lowest BCUT2D eigenvalue weighted by Gasteiger charge is -2.23. The molecule has 1 fully saturated rings. The number of aromatic nitrogens is 2. The molecule has 1 N–H and O–H groups in total. The van der Waals surface area contributed by atoms with Crippen molar-refractivity contribution in [3.05, 3.63) is 39.4 Å². The highest BCUT2D eigenvalue weighted by molar-refractivity contribution is 9.10. The zero-order valence-electron chi connectivity index (χ0n) is 12.5. The maximum absolute atomic E-state index is 12.5. The summed E-state index contributed by atoms with van der Waals surface area (Å²) in [5, 5.41) is 12.5. The zero-order chi connectivity index (χ0) is 16.6. The summed E-state index contributed by atoms with van der Waals surface area (Å²) < 4.78 is 2.03. The Balaban J connectivity index is 1.84. The van der Waals surface area contributed by atoms with Crippen molar-refractivity contribution >= 4 is 32.7 Å². The minimum atomic E-state index is -0.867. The van der Waals surface area contributed by atoms with Crippen LogP contribution in [0, 0.1) is 17.2 Å². The fourth-order valence-corrected chi connectivity index (χ4v) is 2.97. The number of nitrogens with one attached hydrogen (secondary N) is 1. The first-order chi connectivity index (χ1) is 10.9. The number of carbonyl (C=O) groups is 1. The third-order valence-electron chi connectivity index (χ3n) is 4.13. The van der Waals surface area contributed by atoms with Crippen LogP contribution in [0.15, 0.2) is 33.8 Å². The normalized spacial score (nSPS) is 16.6. The van der Waals surface area contributed by atoms with Crippen LogP contribution in [0.2, 0.25) is 0 Å². The lowest BCUT2D eigenvalue weighted by molar-refractivity contribution is -0.123. The molecule has 3 rings (SSSR count).